The zero-order chi connectivity index (χ0) is 15.2. The predicted molar refractivity (Wildman–Crippen MR) is 78.6 cm³/mol. The summed E-state index contributed by atoms with van der Waals surface area (Å²) in [6.45, 7) is 3.86. The van der Waals surface area contributed by atoms with E-state index in [4.69, 9.17) is 9.47 Å². The summed E-state index contributed by atoms with van der Waals surface area (Å²) in [5, 5.41) is 14.2. The van der Waals surface area contributed by atoms with Gasteiger partial charge in [0.2, 0.25) is 0 Å². The molecule has 0 aromatic heterocycles. The van der Waals surface area contributed by atoms with Crippen molar-refractivity contribution in [3.8, 4) is 5.75 Å². The Kier molecular flexibility index (Phi) is 5.49. The van der Waals surface area contributed by atoms with Crippen LogP contribution >= 0.6 is 0 Å². The lowest BCUT2D eigenvalue weighted by Gasteiger charge is -2.30. The van der Waals surface area contributed by atoms with Crippen LogP contribution in [-0.4, -0.2) is 56.3 Å². The van der Waals surface area contributed by atoms with Gasteiger partial charge in [-0.15, -0.1) is 0 Å². The van der Waals surface area contributed by atoms with Crippen LogP contribution in [0, 0.1) is 10.1 Å². The monoisotopic (exact) mass is 295 g/mol. The molecule has 7 heteroatoms. The SMILES string of the molecule is COc1cc(CNCC2CN(C)CCO2)cc([N+](=O)[O-])c1. The van der Waals surface area contributed by atoms with Gasteiger partial charge in [0.1, 0.15) is 5.75 Å². The van der Waals surface area contributed by atoms with Gasteiger partial charge in [-0.1, -0.05) is 0 Å². The van der Waals surface area contributed by atoms with Crippen LogP contribution in [0.4, 0.5) is 5.69 Å². The van der Waals surface area contributed by atoms with Gasteiger partial charge < -0.3 is 19.7 Å². The molecule has 0 radical (unpaired) electrons. The van der Waals surface area contributed by atoms with Gasteiger partial charge in [-0.05, 0) is 18.7 Å². The van der Waals surface area contributed by atoms with E-state index in [1.807, 2.05) is 0 Å². The third-order valence-corrected chi connectivity index (χ3v) is 3.44. The highest BCUT2D eigenvalue weighted by atomic mass is 16.6. The molecule has 1 heterocycles. The molecule has 1 N–H and O–H groups in total. The van der Waals surface area contributed by atoms with Crippen LogP contribution in [0.1, 0.15) is 5.56 Å². The first kappa shape index (κ1) is 15.7. The van der Waals surface area contributed by atoms with Gasteiger partial charge in [-0.25, -0.2) is 0 Å². The van der Waals surface area contributed by atoms with E-state index in [1.165, 1.54) is 13.2 Å². The highest BCUT2D eigenvalue weighted by Crippen LogP contribution is 2.22. The van der Waals surface area contributed by atoms with E-state index in [9.17, 15) is 10.1 Å². The number of morpholine rings is 1. The fourth-order valence-electron chi connectivity index (χ4n) is 2.34. The number of nitrogens with one attached hydrogen (secondary N) is 1. The molecule has 0 amide bonds. The summed E-state index contributed by atoms with van der Waals surface area (Å²) < 4.78 is 10.7. The number of nitro groups is 1. The Hall–Kier alpha value is -1.70. The first-order valence-corrected chi connectivity index (χ1v) is 6.91. The molecule has 0 saturated carbocycles. The number of non-ortho nitro benzene ring substituents is 1. The maximum absolute atomic E-state index is 10.9. The van der Waals surface area contributed by atoms with Gasteiger partial charge >= 0.3 is 0 Å². The third-order valence-electron chi connectivity index (χ3n) is 3.44. The summed E-state index contributed by atoms with van der Waals surface area (Å²) >= 11 is 0. The number of hydrogen-bond acceptors (Lipinski definition) is 6. The Morgan fingerprint density at radius 3 is 3.00 bits per heavy atom. The second kappa shape index (κ2) is 7.35. The summed E-state index contributed by atoms with van der Waals surface area (Å²) in [6.07, 6.45) is 0.157. The number of nitro benzene ring substituents is 1. The Bertz CT molecular complexity index is 495. The summed E-state index contributed by atoms with van der Waals surface area (Å²) in [4.78, 5) is 12.7. The number of methoxy groups -OCH3 is 1. The Labute approximate surface area is 124 Å². The molecule has 1 aromatic carbocycles. The molecule has 0 spiro atoms. The first-order chi connectivity index (χ1) is 10.1. The second-order valence-electron chi connectivity index (χ2n) is 5.18. The van der Waals surface area contributed by atoms with Crippen molar-refractivity contribution < 1.29 is 14.4 Å². The zero-order valence-corrected chi connectivity index (χ0v) is 12.4. The standard InChI is InChI=1S/C14H21N3O4/c1-16-3-4-21-14(10-16)9-15-8-11-5-12(17(18)19)7-13(6-11)20-2/h5-7,14-15H,3-4,8-10H2,1-2H3. The maximum atomic E-state index is 10.9. The highest BCUT2D eigenvalue weighted by molar-refractivity contribution is 5.42. The minimum absolute atomic E-state index is 0.0415. The van der Waals surface area contributed by atoms with Gasteiger partial charge in [0, 0.05) is 32.2 Å². The van der Waals surface area contributed by atoms with E-state index >= 15 is 0 Å². The molecule has 1 atom stereocenters. The topological polar surface area (TPSA) is 76.9 Å². The lowest BCUT2D eigenvalue weighted by atomic mass is 10.2. The molecular weight excluding hydrogens is 274 g/mol. The predicted octanol–water partition coefficient (Wildman–Crippen LogP) is 1.02. The van der Waals surface area contributed by atoms with Crippen molar-refractivity contribution in [2.24, 2.45) is 0 Å². The van der Waals surface area contributed by atoms with Crippen LogP contribution in [-0.2, 0) is 11.3 Å². The fraction of sp³-hybridized carbons (Fsp3) is 0.571. The Balaban J connectivity index is 1.90. The maximum Gasteiger partial charge on any atom is 0.273 e. The molecule has 0 bridgehead atoms. The zero-order valence-electron chi connectivity index (χ0n) is 12.4. The molecular formula is C14H21N3O4. The van der Waals surface area contributed by atoms with Gasteiger partial charge in [-0.2, -0.15) is 0 Å². The number of ether oxygens (including phenoxy) is 2. The normalized spacial score (nSPS) is 19.4. The van der Waals surface area contributed by atoms with Gasteiger partial charge in [0.25, 0.3) is 5.69 Å². The number of likely N-dealkylation sites (N-methyl/N-ethyl adjacent to an activating group) is 1. The molecule has 1 fully saturated rings. The van der Waals surface area contributed by atoms with Crippen LogP contribution in [0.3, 0.4) is 0 Å². The van der Waals surface area contributed by atoms with Crippen molar-refractivity contribution in [3.05, 3.63) is 33.9 Å². The van der Waals surface area contributed by atoms with Crippen LogP contribution in [0.15, 0.2) is 18.2 Å². The highest BCUT2D eigenvalue weighted by Gasteiger charge is 2.17. The molecule has 2 rings (SSSR count). The average molecular weight is 295 g/mol. The van der Waals surface area contributed by atoms with E-state index in [2.05, 4.69) is 17.3 Å². The van der Waals surface area contributed by atoms with E-state index in [1.54, 1.807) is 12.1 Å². The lowest BCUT2D eigenvalue weighted by Crippen LogP contribution is -2.44. The number of nitrogens with zero attached hydrogens (tertiary/aromatic N) is 2. The minimum Gasteiger partial charge on any atom is -0.496 e. The van der Waals surface area contributed by atoms with Crippen LogP contribution in [0.25, 0.3) is 0 Å². The molecule has 1 saturated heterocycles. The van der Waals surface area contributed by atoms with Gasteiger partial charge in [-0.3, -0.25) is 10.1 Å². The van der Waals surface area contributed by atoms with Crippen molar-refractivity contribution in [1.29, 1.82) is 0 Å². The van der Waals surface area contributed by atoms with E-state index in [-0.39, 0.29) is 11.8 Å². The third kappa shape index (κ3) is 4.66. The van der Waals surface area contributed by atoms with Crippen molar-refractivity contribution in [2.75, 3.05) is 40.4 Å². The summed E-state index contributed by atoms with van der Waals surface area (Å²) in [7, 11) is 3.57. The average Bonchev–Trinajstić information content (AvgIpc) is 2.47. The lowest BCUT2D eigenvalue weighted by molar-refractivity contribution is -0.385. The smallest absolute Gasteiger partial charge is 0.273 e. The summed E-state index contributed by atoms with van der Waals surface area (Å²) in [5.74, 6) is 0.495. The molecule has 116 valence electrons. The molecule has 1 aliphatic rings. The number of rotatable bonds is 6. The van der Waals surface area contributed by atoms with Crippen LogP contribution in [0.2, 0.25) is 0 Å². The van der Waals surface area contributed by atoms with Crippen molar-refractivity contribution >= 4 is 5.69 Å². The van der Waals surface area contributed by atoms with E-state index in [0.29, 0.717) is 12.3 Å². The summed E-state index contributed by atoms with van der Waals surface area (Å²) in [5.41, 5.74) is 0.866. The molecule has 1 aliphatic heterocycles. The minimum atomic E-state index is -0.411. The van der Waals surface area contributed by atoms with Gasteiger partial charge in [0.15, 0.2) is 0 Å². The van der Waals surface area contributed by atoms with Gasteiger partial charge in [0.05, 0.1) is 30.8 Å². The second-order valence-corrected chi connectivity index (χ2v) is 5.18. The largest absolute Gasteiger partial charge is 0.496 e. The van der Waals surface area contributed by atoms with E-state index in [0.717, 1.165) is 31.8 Å². The first-order valence-electron chi connectivity index (χ1n) is 6.91. The quantitative estimate of drug-likeness (QED) is 0.624. The van der Waals surface area contributed by atoms with Crippen LogP contribution in [0.5, 0.6) is 5.75 Å². The van der Waals surface area contributed by atoms with E-state index < -0.39 is 4.92 Å². The molecule has 1 unspecified atom stereocenters. The van der Waals surface area contributed by atoms with Crippen LogP contribution < -0.4 is 10.1 Å². The summed E-state index contributed by atoms with van der Waals surface area (Å²) in [6, 6.07) is 4.78. The Morgan fingerprint density at radius 2 is 2.33 bits per heavy atom. The number of hydrogen-bond donors (Lipinski definition) is 1. The number of benzene rings is 1. The molecule has 21 heavy (non-hydrogen) atoms. The molecule has 1 aromatic rings. The van der Waals surface area contributed by atoms with Crippen molar-refractivity contribution in [3.63, 3.8) is 0 Å². The molecule has 7 nitrogen and oxygen atoms in total. The Morgan fingerprint density at radius 1 is 1.52 bits per heavy atom. The molecule has 0 aliphatic carbocycles. The van der Waals surface area contributed by atoms with Crippen molar-refractivity contribution in [2.45, 2.75) is 12.6 Å². The van der Waals surface area contributed by atoms with Crippen molar-refractivity contribution in [1.82, 2.24) is 10.2 Å². The fourth-order valence-corrected chi connectivity index (χ4v) is 2.34.